The van der Waals surface area contributed by atoms with E-state index in [0.29, 0.717) is 0 Å². The smallest absolute Gasteiger partial charge is 0.223 e. The van der Waals surface area contributed by atoms with E-state index in [2.05, 4.69) is 41.7 Å². The number of amides is 1. The highest BCUT2D eigenvalue weighted by atomic mass is 16.1. The quantitative estimate of drug-likeness (QED) is 0.813. The number of nitrogens with one attached hydrogen (secondary N) is 1. The van der Waals surface area contributed by atoms with Gasteiger partial charge in [-0.2, -0.15) is 0 Å². The van der Waals surface area contributed by atoms with Gasteiger partial charge in [0.2, 0.25) is 5.91 Å². The normalized spacial score (nSPS) is 18.3. The molecule has 0 heterocycles. The molecule has 0 fully saturated rings. The molecule has 0 bridgehead atoms. The van der Waals surface area contributed by atoms with Crippen LogP contribution in [0.2, 0.25) is 0 Å². The Morgan fingerprint density at radius 3 is 2.35 bits per heavy atom. The van der Waals surface area contributed by atoms with Gasteiger partial charge in [-0.25, -0.2) is 0 Å². The van der Waals surface area contributed by atoms with E-state index in [0.717, 1.165) is 31.2 Å². The molecule has 0 saturated heterocycles. The minimum Gasteiger partial charge on any atom is -0.349 e. The number of hydrogen-bond donors (Lipinski definition) is 1. The van der Waals surface area contributed by atoms with E-state index in [-0.39, 0.29) is 17.9 Å². The number of carbonyl (C=O) groups is 1. The van der Waals surface area contributed by atoms with Crippen molar-refractivity contribution in [1.82, 2.24) is 5.32 Å². The largest absolute Gasteiger partial charge is 0.349 e. The van der Waals surface area contributed by atoms with E-state index in [4.69, 9.17) is 0 Å². The summed E-state index contributed by atoms with van der Waals surface area (Å²) >= 11 is 0. The molecule has 0 radical (unpaired) electrons. The van der Waals surface area contributed by atoms with Crippen LogP contribution in [0, 0.1) is 5.92 Å². The average molecular weight is 305 g/mol. The maximum atomic E-state index is 12.6. The van der Waals surface area contributed by atoms with E-state index in [1.54, 1.807) is 0 Å². The second kappa shape index (κ2) is 7.77. The van der Waals surface area contributed by atoms with Gasteiger partial charge in [0, 0.05) is 5.92 Å². The second-order valence-electron chi connectivity index (χ2n) is 6.14. The molecule has 1 amide bonds. The molecule has 1 aliphatic rings. The Balaban J connectivity index is 1.75. The molecule has 3 rings (SSSR count). The fourth-order valence-corrected chi connectivity index (χ4v) is 3.11. The Kier molecular flexibility index (Phi) is 5.25. The molecule has 23 heavy (non-hydrogen) atoms. The summed E-state index contributed by atoms with van der Waals surface area (Å²) in [6, 6.07) is 20.6. The van der Waals surface area contributed by atoms with Crippen LogP contribution in [-0.4, -0.2) is 5.91 Å². The summed E-state index contributed by atoms with van der Waals surface area (Å²) in [4.78, 5) is 12.6. The van der Waals surface area contributed by atoms with Crippen molar-refractivity contribution in [2.24, 2.45) is 5.92 Å². The van der Waals surface area contributed by atoms with Crippen LogP contribution in [0.1, 0.15) is 36.4 Å². The summed E-state index contributed by atoms with van der Waals surface area (Å²) in [6.45, 7) is 0. The van der Waals surface area contributed by atoms with Crippen molar-refractivity contribution < 1.29 is 4.79 Å². The molecular formula is C21H23NO. The number of allylic oxidation sites excluding steroid dienone is 2. The predicted molar refractivity (Wildman–Crippen MR) is 94.0 cm³/mol. The third-order valence-electron chi connectivity index (χ3n) is 4.44. The Hall–Kier alpha value is -2.35. The molecule has 1 N–H and O–H groups in total. The van der Waals surface area contributed by atoms with Crippen molar-refractivity contribution >= 4 is 5.91 Å². The van der Waals surface area contributed by atoms with Crippen LogP contribution in [0.15, 0.2) is 72.8 Å². The molecule has 0 aliphatic heterocycles. The van der Waals surface area contributed by atoms with Gasteiger partial charge >= 0.3 is 0 Å². The van der Waals surface area contributed by atoms with Gasteiger partial charge in [0.05, 0.1) is 6.04 Å². The second-order valence-corrected chi connectivity index (χ2v) is 6.14. The van der Waals surface area contributed by atoms with Crippen molar-refractivity contribution in [2.75, 3.05) is 0 Å². The molecule has 2 heteroatoms. The first kappa shape index (κ1) is 15.5. The summed E-state index contributed by atoms with van der Waals surface area (Å²) in [5, 5.41) is 3.28. The van der Waals surface area contributed by atoms with Crippen LogP contribution in [0.4, 0.5) is 0 Å². The zero-order valence-corrected chi connectivity index (χ0v) is 13.3. The monoisotopic (exact) mass is 305 g/mol. The number of benzene rings is 2. The highest BCUT2D eigenvalue weighted by Gasteiger charge is 2.22. The lowest BCUT2D eigenvalue weighted by atomic mass is 9.92. The molecule has 0 spiro atoms. The van der Waals surface area contributed by atoms with Gasteiger partial charge in [-0.1, -0.05) is 72.8 Å². The molecule has 0 saturated carbocycles. The molecule has 2 atom stereocenters. The van der Waals surface area contributed by atoms with Gasteiger partial charge < -0.3 is 5.32 Å². The third-order valence-corrected chi connectivity index (χ3v) is 4.44. The van der Waals surface area contributed by atoms with Crippen molar-refractivity contribution in [3.05, 3.63) is 83.9 Å². The first-order valence-electron chi connectivity index (χ1n) is 8.37. The average Bonchev–Trinajstić information content (AvgIpc) is 2.63. The van der Waals surface area contributed by atoms with Gasteiger partial charge in [-0.05, 0) is 36.8 Å². The van der Waals surface area contributed by atoms with Crippen LogP contribution in [0.3, 0.4) is 0 Å². The lowest BCUT2D eigenvalue weighted by Crippen LogP contribution is -2.35. The highest BCUT2D eigenvalue weighted by Crippen LogP contribution is 2.22. The SMILES string of the molecule is O=C(N[C@H](Cc1ccccc1)c1ccccc1)[C@@H]1CC=CCC1. The van der Waals surface area contributed by atoms with Gasteiger partial charge in [0.15, 0.2) is 0 Å². The molecule has 2 nitrogen and oxygen atoms in total. The number of hydrogen-bond acceptors (Lipinski definition) is 1. The van der Waals surface area contributed by atoms with Crippen LogP contribution >= 0.6 is 0 Å². The van der Waals surface area contributed by atoms with E-state index >= 15 is 0 Å². The topological polar surface area (TPSA) is 29.1 Å². The third kappa shape index (κ3) is 4.32. The van der Waals surface area contributed by atoms with Gasteiger partial charge in [-0.3, -0.25) is 4.79 Å². The molecule has 2 aromatic carbocycles. The van der Waals surface area contributed by atoms with Crippen molar-refractivity contribution in [3.63, 3.8) is 0 Å². The summed E-state index contributed by atoms with van der Waals surface area (Å²) in [5.41, 5.74) is 2.40. The standard InChI is InChI=1S/C21H23NO/c23-21(19-14-8-3-9-15-19)22-20(18-12-6-2-7-13-18)16-17-10-4-1-5-11-17/h1-8,10-13,19-20H,9,14-16H2,(H,22,23)/t19-,20-/m1/s1. The lowest BCUT2D eigenvalue weighted by Gasteiger charge is -2.24. The van der Waals surface area contributed by atoms with Crippen LogP contribution in [0.5, 0.6) is 0 Å². The predicted octanol–water partition coefficient (Wildman–Crippen LogP) is 4.44. The number of rotatable bonds is 5. The molecular weight excluding hydrogens is 282 g/mol. The lowest BCUT2D eigenvalue weighted by molar-refractivity contribution is -0.126. The Morgan fingerprint density at radius 1 is 1.00 bits per heavy atom. The molecule has 0 unspecified atom stereocenters. The Bertz CT molecular complexity index is 648. The first-order chi connectivity index (χ1) is 11.3. The maximum Gasteiger partial charge on any atom is 0.223 e. The highest BCUT2D eigenvalue weighted by molar-refractivity contribution is 5.79. The summed E-state index contributed by atoms with van der Waals surface area (Å²) in [6.07, 6.45) is 7.94. The van der Waals surface area contributed by atoms with Crippen molar-refractivity contribution in [1.29, 1.82) is 0 Å². The van der Waals surface area contributed by atoms with Crippen LogP contribution in [-0.2, 0) is 11.2 Å². The fraction of sp³-hybridized carbons (Fsp3) is 0.286. The fourth-order valence-electron chi connectivity index (χ4n) is 3.11. The maximum absolute atomic E-state index is 12.6. The minimum atomic E-state index is 0.0250. The van der Waals surface area contributed by atoms with Crippen LogP contribution in [0.25, 0.3) is 0 Å². The molecule has 1 aliphatic carbocycles. The van der Waals surface area contributed by atoms with Gasteiger partial charge in [0.1, 0.15) is 0 Å². The van der Waals surface area contributed by atoms with E-state index in [9.17, 15) is 4.79 Å². The van der Waals surface area contributed by atoms with Crippen molar-refractivity contribution in [3.8, 4) is 0 Å². The molecule has 0 aromatic heterocycles. The molecule has 118 valence electrons. The summed E-state index contributed by atoms with van der Waals surface area (Å²) in [5.74, 6) is 0.293. The van der Waals surface area contributed by atoms with E-state index < -0.39 is 0 Å². The Morgan fingerprint density at radius 2 is 1.70 bits per heavy atom. The van der Waals surface area contributed by atoms with E-state index in [1.165, 1.54) is 5.56 Å². The first-order valence-corrected chi connectivity index (χ1v) is 8.37. The number of carbonyl (C=O) groups excluding carboxylic acids is 1. The Labute approximate surface area is 138 Å². The van der Waals surface area contributed by atoms with Gasteiger partial charge in [-0.15, -0.1) is 0 Å². The zero-order chi connectivity index (χ0) is 15.9. The van der Waals surface area contributed by atoms with E-state index in [1.807, 2.05) is 36.4 Å². The summed E-state index contributed by atoms with van der Waals surface area (Å²) < 4.78 is 0. The van der Waals surface area contributed by atoms with Gasteiger partial charge in [0.25, 0.3) is 0 Å². The zero-order valence-electron chi connectivity index (χ0n) is 13.3. The van der Waals surface area contributed by atoms with Crippen LogP contribution < -0.4 is 5.32 Å². The van der Waals surface area contributed by atoms with Crippen molar-refractivity contribution in [2.45, 2.75) is 31.7 Å². The summed E-state index contributed by atoms with van der Waals surface area (Å²) in [7, 11) is 0. The minimum absolute atomic E-state index is 0.0250. The molecule has 2 aromatic rings.